The SMILES string of the molecule is COc1ccc(NC(=O)c2cc3ccccc3c(N=Nc3c(C)cc(S(=O)(=O)O)cc3Cl)c2O)c(Cl)c1. The van der Waals surface area contributed by atoms with E-state index in [2.05, 4.69) is 15.5 Å². The summed E-state index contributed by atoms with van der Waals surface area (Å²) in [6, 6.07) is 15.4. The van der Waals surface area contributed by atoms with E-state index < -0.39 is 26.7 Å². The van der Waals surface area contributed by atoms with Crippen LogP contribution in [0.4, 0.5) is 17.1 Å². The standard InChI is InChI=1S/C25H19Cl2N3O6S/c1-13-9-16(37(33,34)35)12-20(27)22(13)29-30-23-17-6-4-3-5-14(17)10-18(24(23)31)25(32)28-21-8-7-15(36-2)11-19(21)26/h3-12,31H,1-2H3,(H,28,32)(H,33,34,35). The highest BCUT2D eigenvalue weighted by atomic mass is 35.5. The summed E-state index contributed by atoms with van der Waals surface area (Å²) in [5.41, 5.74) is 0.667. The van der Waals surface area contributed by atoms with Gasteiger partial charge in [0.1, 0.15) is 17.1 Å². The van der Waals surface area contributed by atoms with Crippen molar-refractivity contribution >= 4 is 67.1 Å². The van der Waals surface area contributed by atoms with Crippen molar-refractivity contribution in [1.82, 2.24) is 0 Å². The van der Waals surface area contributed by atoms with Crippen LogP contribution in [0, 0.1) is 6.92 Å². The number of nitrogens with one attached hydrogen (secondary N) is 1. The maximum absolute atomic E-state index is 13.1. The second-order valence-electron chi connectivity index (χ2n) is 7.89. The Hall–Kier alpha value is -3.70. The zero-order valence-corrected chi connectivity index (χ0v) is 21.7. The van der Waals surface area contributed by atoms with Gasteiger partial charge in [-0.1, -0.05) is 47.5 Å². The Morgan fingerprint density at radius 2 is 1.68 bits per heavy atom. The Balaban J connectivity index is 1.78. The van der Waals surface area contributed by atoms with Crippen molar-refractivity contribution < 1.29 is 27.6 Å². The number of ether oxygens (including phenoxy) is 1. The summed E-state index contributed by atoms with van der Waals surface area (Å²) in [4.78, 5) is 12.7. The summed E-state index contributed by atoms with van der Waals surface area (Å²) in [5, 5.41) is 23.3. The zero-order chi connectivity index (χ0) is 26.9. The number of carbonyl (C=O) groups is 1. The molecule has 0 radical (unpaired) electrons. The van der Waals surface area contributed by atoms with Crippen LogP contribution in [0.2, 0.25) is 10.0 Å². The minimum Gasteiger partial charge on any atom is -0.505 e. The first-order valence-electron chi connectivity index (χ1n) is 10.6. The Morgan fingerprint density at radius 1 is 0.973 bits per heavy atom. The number of halogens is 2. The van der Waals surface area contributed by atoms with E-state index in [1.807, 2.05) is 0 Å². The van der Waals surface area contributed by atoms with Gasteiger partial charge in [-0.3, -0.25) is 9.35 Å². The first-order chi connectivity index (χ1) is 17.5. The smallest absolute Gasteiger partial charge is 0.294 e. The predicted octanol–water partition coefficient (Wildman–Crippen LogP) is 7.08. The van der Waals surface area contributed by atoms with Crippen LogP contribution >= 0.6 is 23.2 Å². The highest BCUT2D eigenvalue weighted by Gasteiger charge is 2.20. The number of hydrogen-bond acceptors (Lipinski definition) is 7. The second kappa shape index (κ2) is 10.3. The van der Waals surface area contributed by atoms with Gasteiger partial charge in [0.2, 0.25) is 0 Å². The van der Waals surface area contributed by atoms with Gasteiger partial charge < -0.3 is 15.2 Å². The van der Waals surface area contributed by atoms with Crippen molar-refractivity contribution in [2.45, 2.75) is 11.8 Å². The molecule has 0 fully saturated rings. The van der Waals surface area contributed by atoms with Crippen LogP contribution in [-0.4, -0.2) is 31.1 Å². The number of aromatic hydroxyl groups is 1. The van der Waals surface area contributed by atoms with Crippen LogP contribution in [0.3, 0.4) is 0 Å². The Bertz CT molecular complexity index is 1670. The fourth-order valence-electron chi connectivity index (χ4n) is 3.59. The van der Waals surface area contributed by atoms with Crippen molar-refractivity contribution in [3.63, 3.8) is 0 Å². The molecular weight excluding hydrogens is 541 g/mol. The molecule has 12 heteroatoms. The lowest BCUT2D eigenvalue weighted by atomic mass is 10.0. The third kappa shape index (κ3) is 5.52. The van der Waals surface area contributed by atoms with E-state index in [9.17, 15) is 22.9 Å². The van der Waals surface area contributed by atoms with E-state index in [1.54, 1.807) is 36.4 Å². The lowest BCUT2D eigenvalue weighted by Gasteiger charge is -2.12. The van der Waals surface area contributed by atoms with Crippen LogP contribution in [0.1, 0.15) is 15.9 Å². The number of rotatable bonds is 6. The molecule has 0 aliphatic carbocycles. The quantitative estimate of drug-likeness (QED) is 0.170. The largest absolute Gasteiger partial charge is 0.505 e. The maximum atomic E-state index is 13.1. The van der Waals surface area contributed by atoms with Crippen LogP contribution in [0.25, 0.3) is 10.8 Å². The molecule has 4 rings (SSSR count). The molecule has 0 aromatic heterocycles. The summed E-state index contributed by atoms with van der Waals surface area (Å²) in [7, 11) is -2.98. The van der Waals surface area contributed by atoms with Crippen LogP contribution in [-0.2, 0) is 10.1 Å². The molecule has 190 valence electrons. The summed E-state index contributed by atoms with van der Waals surface area (Å²) in [5.74, 6) is -0.566. The molecule has 0 unspecified atom stereocenters. The van der Waals surface area contributed by atoms with Gasteiger partial charge in [-0.2, -0.15) is 8.42 Å². The molecule has 0 bridgehead atoms. The lowest BCUT2D eigenvalue weighted by Crippen LogP contribution is -2.12. The molecule has 4 aromatic rings. The first-order valence-corrected chi connectivity index (χ1v) is 12.8. The van der Waals surface area contributed by atoms with E-state index in [1.165, 1.54) is 32.2 Å². The maximum Gasteiger partial charge on any atom is 0.294 e. The number of benzene rings is 4. The van der Waals surface area contributed by atoms with Crippen LogP contribution in [0.15, 0.2) is 75.8 Å². The molecule has 37 heavy (non-hydrogen) atoms. The van der Waals surface area contributed by atoms with Crippen molar-refractivity contribution in [2.24, 2.45) is 10.2 Å². The molecule has 0 saturated carbocycles. The number of fused-ring (bicyclic) bond motifs is 1. The summed E-state index contributed by atoms with van der Waals surface area (Å²) in [6.45, 7) is 1.54. The molecule has 4 aromatic carbocycles. The fraction of sp³-hybridized carbons (Fsp3) is 0.0800. The minimum absolute atomic E-state index is 0.00148. The number of amides is 1. The fourth-order valence-corrected chi connectivity index (χ4v) is 4.77. The summed E-state index contributed by atoms with van der Waals surface area (Å²) < 4.78 is 37.3. The molecule has 9 nitrogen and oxygen atoms in total. The van der Waals surface area contributed by atoms with Gasteiger partial charge in [0.25, 0.3) is 16.0 Å². The average molecular weight is 560 g/mol. The Kier molecular flexibility index (Phi) is 7.37. The molecule has 3 N–H and O–H groups in total. The normalized spacial score (nSPS) is 11.7. The molecule has 0 heterocycles. The number of anilines is 1. The van der Waals surface area contributed by atoms with Crippen molar-refractivity contribution in [3.05, 3.63) is 81.8 Å². The number of phenols is 1. The first kappa shape index (κ1) is 26.4. The molecule has 0 saturated heterocycles. The van der Waals surface area contributed by atoms with Gasteiger partial charge in [-0.05, 0) is 48.2 Å². The number of nitrogens with zero attached hydrogens (tertiary/aromatic N) is 2. The number of aryl methyl sites for hydroxylation is 1. The molecular formula is C25H19Cl2N3O6S. The third-order valence-electron chi connectivity index (χ3n) is 5.44. The van der Waals surface area contributed by atoms with Gasteiger partial charge in [-0.25, -0.2) is 0 Å². The van der Waals surface area contributed by atoms with Crippen LogP contribution in [0.5, 0.6) is 11.5 Å². The van der Waals surface area contributed by atoms with E-state index in [-0.39, 0.29) is 27.0 Å². The van der Waals surface area contributed by atoms with Gasteiger partial charge in [0.15, 0.2) is 5.75 Å². The zero-order valence-electron chi connectivity index (χ0n) is 19.4. The molecule has 0 spiro atoms. The van der Waals surface area contributed by atoms with E-state index >= 15 is 0 Å². The van der Waals surface area contributed by atoms with E-state index in [4.69, 9.17) is 27.9 Å². The summed E-state index contributed by atoms with van der Waals surface area (Å²) in [6.07, 6.45) is 0. The van der Waals surface area contributed by atoms with Crippen LogP contribution < -0.4 is 10.1 Å². The number of phenolic OH excluding ortho intramolecular Hbond substituents is 1. The highest BCUT2D eigenvalue weighted by molar-refractivity contribution is 7.85. The average Bonchev–Trinajstić information content (AvgIpc) is 2.84. The molecule has 0 aliphatic rings. The van der Waals surface area contributed by atoms with Crippen molar-refractivity contribution in [2.75, 3.05) is 12.4 Å². The minimum atomic E-state index is -4.47. The van der Waals surface area contributed by atoms with Gasteiger partial charge >= 0.3 is 0 Å². The number of methoxy groups -OCH3 is 1. The molecule has 0 atom stereocenters. The molecule has 0 aliphatic heterocycles. The van der Waals surface area contributed by atoms with E-state index in [0.717, 1.165) is 6.07 Å². The number of carbonyl (C=O) groups excluding carboxylic acids is 1. The Labute approximate surface area is 222 Å². The predicted molar refractivity (Wildman–Crippen MR) is 142 cm³/mol. The van der Waals surface area contributed by atoms with Gasteiger partial charge in [0.05, 0.1) is 33.3 Å². The third-order valence-corrected chi connectivity index (χ3v) is 6.87. The number of hydrogen-bond donors (Lipinski definition) is 3. The van der Waals surface area contributed by atoms with Crippen molar-refractivity contribution in [1.29, 1.82) is 0 Å². The lowest BCUT2D eigenvalue weighted by molar-refractivity contribution is 0.102. The summed E-state index contributed by atoms with van der Waals surface area (Å²) >= 11 is 12.4. The Morgan fingerprint density at radius 3 is 2.32 bits per heavy atom. The van der Waals surface area contributed by atoms with Crippen molar-refractivity contribution in [3.8, 4) is 11.5 Å². The monoisotopic (exact) mass is 559 g/mol. The van der Waals surface area contributed by atoms with Gasteiger partial charge in [0, 0.05) is 11.5 Å². The number of azo groups is 1. The second-order valence-corrected chi connectivity index (χ2v) is 10.1. The van der Waals surface area contributed by atoms with Gasteiger partial charge in [-0.15, -0.1) is 10.2 Å². The van der Waals surface area contributed by atoms with E-state index in [0.29, 0.717) is 27.8 Å². The molecule has 1 amide bonds. The highest BCUT2D eigenvalue weighted by Crippen LogP contribution is 2.41. The topological polar surface area (TPSA) is 138 Å².